The summed E-state index contributed by atoms with van der Waals surface area (Å²) in [6, 6.07) is 11.7. The summed E-state index contributed by atoms with van der Waals surface area (Å²) in [5.74, 6) is 0. The van der Waals surface area contributed by atoms with Crippen molar-refractivity contribution in [2.24, 2.45) is 0 Å². The minimum atomic E-state index is -3.70. The van der Waals surface area contributed by atoms with Crippen LogP contribution >= 0.6 is 11.6 Å². The third kappa shape index (κ3) is 2.23. The first-order valence-corrected chi connectivity index (χ1v) is 8.94. The minimum absolute atomic E-state index is 0.204. The van der Waals surface area contributed by atoms with Crippen molar-refractivity contribution in [2.45, 2.75) is 4.90 Å². The molecule has 2 aromatic carbocycles. The molecule has 0 amide bonds. The standard InChI is InChI=1S/C13H8ClN2O2S.Sn/c14-11-7-6-10-9-15-16(13(10)8-11)19(17,18)12-4-2-1-3-5-12;/h1-5,7-9H;. The molecule has 7 heteroatoms. The number of fused-ring (bicyclic) bond motifs is 1. The Hall–Kier alpha value is -1.05. The Labute approximate surface area is 134 Å². The monoisotopic (exact) mass is 411 g/mol. The molecule has 0 bridgehead atoms. The van der Waals surface area contributed by atoms with E-state index in [9.17, 15) is 8.42 Å². The van der Waals surface area contributed by atoms with Crippen molar-refractivity contribution in [1.82, 2.24) is 9.19 Å². The zero-order valence-corrected chi connectivity index (χ0v) is 14.5. The van der Waals surface area contributed by atoms with Gasteiger partial charge in [0.05, 0.1) is 0 Å². The Balaban J connectivity index is 2.31. The van der Waals surface area contributed by atoms with Crippen LogP contribution in [0.15, 0.2) is 53.6 Å². The molecule has 1 heterocycles. The van der Waals surface area contributed by atoms with E-state index in [1.165, 1.54) is 0 Å². The molecule has 0 N–H and O–H groups in total. The van der Waals surface area contributed by atoms with Crippen LogP contribution in [0.25, 0.3) is 10.9 Å². The second kappa shape index (κ2) is 5.05. The van der Waals surface area contributed by atoms with Gasteiger partial charge in [0.2, 0.25) is 0 Å². The van der Waals surface area contributed by atoms with Crippen molar-refractivity contribution in [2.75, 3.05) is 0 Å². The van der Waals surface area contributed by atoms with Gasteiger partial charge in [0.1, 0.15) is 0 Å². The van der Waals surface area contributed by atoms with Crippen molar-refractivity contribution < 1.29 is 8.42 Å². The van der Waals surface area contributed by atoms with Crippen LogP contribution < -0.4 is 3.58 Å². The predicted octanol–water partition coefficient (Wildman–Crippen LogP) is 1.72. The van der Waals surface area contributed by atoms with E-state index in [0.29, 0.717) is 10.5 Å². The third-order valence-corrected chi connectivity index (χ3v) is 5.90. The van der Waals surface area contributed by atoms with Gasteiger partial charge in [0.25, 0.3) is 0 Å². The van der Waals surface area contributed by atoms with Crippen molar-refractivity contribution in [3.63, 3.8) is 0 Å². The number of hydrogen-bond donors (Lipinski definition) is 0. The van der Waals surface area contributed by atoms with Crippen LogP contribution in [0, 0.1) is 0 Å². The number of benzene rings is 2. The van der Waals surface area contributed by atoms with E-state index in [0.717, 1.165) is 35.6 Å². The Bertz CT molecular complexity index is 891. The van der Waals surface area contributed by atoms with Crippen LogP contribution in [0.3, 0.4) is 0 Å². The second-order valence-electron chi connectivity index (χ2n) is 4.19. The van der Waals surface area contributed by atoms with Crippen LogP contribution in [0.4, 0.5) is 0 Å². The molecule has 3 radical (unpaired) electrons. The fraction of sp³-hybridized carbons (Fsp3) is 0. The van der Waals surface area contributed by atoms with E-state index in [2.05, 4.69) is 5.10 Å². The van der Waals surface area contributed by atoms with Crippen molar-refractivity contribution >= 4 is 58.6 Å². The van der Waals surface area contributed by atoms with Gasteiger partial charge < -0.3 is 0 Å². The van der Waals surface area contributed by atoms with Crippen molar-refractivity contribution in [1.29, 1.82) is 0 Å². The van der Waals surface area contributed by atoms with E-state index in [-0.39, 0.29) is 4.90 Å². The Morgan fingerprint density at radius 1 is 1.15 bits per heavy atom. The van der Waals surface area contributed by atoms with Gasteiger partial charge in [-0.1, -0.05) is 0 Å². The fourth-order valence-electron chi connectivity index (χ4n) is 1.95. The van der Waals surface area contributed by atoms with Gasteiger partial charge in [0, 0.05) is 0 Å². The Morgan fingerprint density at radius 3 is 2.55 bits per heavy atom. The first kappa shape index (κ1) is 13.9. The topological polar surface area (TPSA) is 52.0 Å². The zero-order chi connectivity index (χ0) is 14.3. The predicted molar refractivity (Wildman–Crippen MR) is 79.2 cm³/mol. The molecule has 0 unspecified atom stereocenters. The van der Waals surface area contributed by atoms with Crippen LogP contribution in [0.5, 0.6) is 0 Å². The molecule has 0 aliphatic heterocycles. The number of nitrogens with zero attached hydrogens (tertiary/aromatic N) is 2. The molecule has 0 aliphatic rings. The summed E-state index contributed by atoms with van der Waals surface area (Å²) in [6.45, 7) is 0. The number of halogens is 1. The summed E-state index contributed by atoms with van der Waals surface area (Å²) in [5.41, 5.74) is 0.508. The number of rotatable bonds is 2. The van der Waals surface area contributed by atoms with Gasteiger partial charge in [-0.15, -0.1) is 0 Å². The Morgan fingerprint density at radius 2 is 1.85 bits per heavy atom. The Kier molecular flexibility index (Phi) is 3.51. The summed E-state index contributed by atoms with van der Waals surface area (Å²) in [7, 11) is -3.70. The zero-order valence-electron chi connectivity index (χ0n) is 10.1. The molecule has 4 nitrogen and oxygen atoms in total. The van der Waals surface area contributed by atoms with E-state index < -0.39 is 10.0 Å². The summed E-state index contributed by atoms with van der Waals surface area (Å²) >= 11 is 7.19. The molecule has 0 atom stereocenters. The molecular formula is C13H8ClN2O2SSn. The summed E-state index contributed by atoms with van der Waals surface area (Å²) in [4.78, 5) is 0.204. The van der Waals surface area contributed by atoms with Gasteiger partial charge in [0.15, 0.2) is 0 Å². The van der Waals surface area contributed by atoms with Gasteiger partial charge >= 0.3 is 135 Å². The van der Waals surface area contributed by atoms with E-state index in [4.69, 9.17) is 11.6 Å². The molecule has 3 aromatic rings. The van der Waals surface area contributed by atoms with Crippen LogP contribution in [-0.4, -0.2) is 40.1 Å². The third-order valence-electron chi connectivity index (χ3n) is 2.89. The normalized spacial score (nSPS) is 11.9. The van der Waals surface area contributed by atoms with Crippen LogP contribution in [0.2, 0.25) is 5.02 Å². The average Bonchev–Trinajstić information content (AvgIpc) is 2.84. The quantitative estimate of drug-likeness (QED) is 0.605. The molecule has 99 valence electrons. The van der Waals surface area contributed by atoms with Gasteiger partial charge in [-0.3, -0.25) is 0 Å². The van der Waals surface area contributed by atoms with E-state index >= 15 is 0 Å². The van der Waals surface area contributed by atoms with Crippen molar-refractivity contribution in [3.05, 3.63) is 53.7 Å². The SMILES string of the molecule is O=S(=O)(c1ccccc1)n1ncc2[c]([Sn])cc(Cl)cc21. The molecule has 0 saturated heterocycles. The van der Waals surface area contributed by atoms with Crippen molar-refractivity contribution in [3.8, 4) is 0 Å². The molecule has 0 aliphatic carbocycles. The maximum absolute atomic E-state index is 12.6. The van der Waals surface area contributed by atoms with Gasteiger partial charge in [-0.05, 0) is 0 Å². The first-order valence-electron chi connectivity index (χ1n) is 5.69. The number of hydrogen-bond acceptors (Lipinski definition) is 3. The van der Waals surface area contributed by atoms with Gasteiger partial charge in [-0.25, -0.2) is 0 Å². The van der Waals surface area contributed by atoms with Crippen LogP contribution in [0.1, 0.15) is 0 Å². The first-order chi connectivity index (χ1) is 9.50. The van der Waals surface area contributed by atoms with Crippen LogP contribution in [-0.2, 0) is 10.0 Å². The molecule has 0 saturated carbocycles. The summed E-state index contributed by atoms with van der Waals surface area (Å²) in [6.07, 6.45) is 1.57. The molecular weight excluding hydrogens is 402 g/mol. The molecule has 1 aromatic heterocycles. The average molecular weight is 410 g/mol. The molecule has 20 heavy (non-hydrogen) atoms. The maximum atomic E-state index is 12.6. The van der Waals surface area contributed by atoms with E-state index in [1.54, 1.807) is 42.6 Å². The summed E-state index contributed by atoms with van der Waals surface area (Å²) < 4.78 is 27.2. The van der Waals surface area contributed by atoms with Gasteiger partial charge in [-0.2, -0.15) is 0 Å². The number of aromatic nitrogens is 2. The fourth-order valence-corrected chi connectivity index (χ4v) is 4.70. The second-order valence-corrected chi connectivity index (χ2v) is 7.93. The summed E-state index contributed by atoms with van der Waals surface area (Å²) in [5, 5.41) is 5.35. The molecule has 3 rings (SSSR count). The molecule has 0 fully saturated rings. The van der Waals surface area contributed by atoms with E-state index in [1.807, 2.05) is 6.07 Å². The molecule has 0 spiro atoms.